The van der Waals surface area contributed by atoms with Crippen molar-refractivity contribution in [1.82, 2.24) is 54.5 Å². The van der Waals surface area contributed by atoms with Crippen LogP contribution >= 0.6 is 0 Å². The summed E-state index contributed by atoms with van der Waals surface area (Å²) < 4.78 is 49.9. The van der Waals surface area contributed by atoms with Crippen molar-refractivity contribution in [3.63, 3.8) is 0 Å². The molecule has 1 unspecified atom stereocenters. The number of nitrogens with one attached hydrogen (secondary N) is 1. The van der Waals surface area contributed by atoms with E-state index in [0.717, 1.165) is 59.8 Å². The minimum atomic E-state index is -4.58. The summed E-state index contributed by atoms with van der Waals surface area (Å²) in [6, 6.07) is 20.2. The van der Waals surface area contributed by atoms with E-state index in [-0.39, 0.29) is 36.3 Å². The van der Waals surface area contributed by atoms with E-state index in [1.165, 1.54) is 24.3 Å². The molecule has 4 aromatic heterocycles. The third kappa shape index (κ3) is 9.23. The van der Waals surface area contributed by atoms with Gasteiger partial charge in [-0.05, 0) is 68.9 Å². The molecule has 5 heterocycles. The Morgan fingerprint density at radius 2 is 1.70 bits per heavy atom. The number of amides is 3. The number of nitrogens with zero attached hydrogens (tertiary/aromatic N) is 11. The molecule has 1 saturated heterocycles. The second kappa shape index (κ2) is 18.2. The number of rotatable bonds is 14. The summed E-state index contributed by atoms with van der Waals surface area (Å²) in [5.41, 5.74) is 10.3. The molecule has 1 saturated carbocycles. The summed E-state index contributed by atoms with van der Waals surface area (Å²) in [4.78, 5) is 56.3. The van der Waals surface area contributed by atoms with Gasteiger partial charge in [-0.2, -0.15) is 23.3 Å². The van der Waals surface area contributed by atoms with Crippen LogP contribution in [0.2, 0.25) is 0 Å². The average molecular weight is 900 g/mol. The largest absolute Gasteiger partial charge is 0.480 e. The molecular weight excluding hydrogens is 852 g/mol. The van der Waals surface area contributed by atoms with Crippen molar-refractivity contribution in [1.29, 1.82) is 0 Å². The highest BCUT2D eigenvalue weighted by Gasteiger charge is 2.36. The highest BCUT2D eigenvalue weighted by Crippen LogP contribution is 2.45. The Bertz CT molecular complexity index is 2880. The van der Waals surface area contributed by atoms with Gasteiger partial charge in [-0.3, -0.25) is 4.79 Å². The number of methoxy groups -OCH3 is 1. The first kappa shape index (κ1) is 43.8. The SMILES string of the molecule is COc1ncnc(C2CC2)c1-c1ncnc(N(CCNC(=O)N2CCCC(c3ccc(-n4cc5cccc(C(N)=O)c5n4)cc3)C2)Cc2ccc(-c3nc(C(F)(F)F)cn3C(C)C)cc2)n1. The van der Waals surface area contributed by atoms with Gasteiger partial charge in [0.1, 0.15) is 29.6 Å². The van der Waals surface area contributed by atoms with Crippen molar-refractivity contribution in [2.75, 3.05) is 38.2 Å². The lowest BCUT2D eigenvalue weighted by molar-refractivity contribution is -0.140. The van der Waals surface area contributed by atoms with Crippen LogP contribution in [0.25, 0.3) is 39.4 Å². The molecule has 3 aromatic carbocycles. The number of fused-ring (bicyclic) bond motifs is 1. The van der Waals surface area contributed by atoms with Gasteiger partial charge in [0.25, 0.3) is 5.91 Å². The number of piperidine rings is 1. The Labute approximate surface area is 378 Å². The molecule has 0 spiro atoms. The third-order valence-electron chi connectivity index (χ3n) is 12.0. The molecule has 19 heteroatoms. The lowest BCUT2D eigenvalue weighted by Gasteiger charge is -2.33. The molecular formula is C47H48F3N13O3. The molecule has 2 fully saturated rings. The minimum absolute atomic E-state index is 0.123. The second-order valence-corrected chi connectivity index (χ2v) is 16.9. The average Bonchev–Trinajstić information content (AvgIpc) is 3.90. The zero-order valence-electron chi connectivity index (χ0n) is 36.6. The van der Waals surface area contributed by atoms with Crippen molar-refractivity contribution in [2.24, 2.45) is 5.73 Å². The number of primary amides is 1. The standard InChI is InChI=1S/C47H48F3N13O3/c1-28(2)62-25-37(47(48,49)50)57-43(62)32-11-9-29(10-12-32)22-60(45-56-27-54-42(58-45)38-40(31-13-14-31)53-26-55-44(38)66-3)21-19-52-46(65)61-20-5-7-33(23-61)30-15-17-35(18-16-30)63-24-34-6-4-8-36(41(51)64)39(34)59-63/h4,6,8-12,15-18,24-28,31,33H,5,7,13-14,19-23H2,1-3H3,(H2,51,64)(H,52,65). The number of carbonyl (C=O) groups excluding carboxylic acids is 2. The topological polar surface area (TPSA) is 188 Å². The number of imidazole rings is 1. The number of aromatic nitrogens is 9. The molecule has 3 N–H and O–H groups in total. The molecule has 0 bridgehead atoms. The predicted octanol–water partition coefficient (Wildman–Crippen LogP) is 7.71. The van der Waals surface area contributed by atoms with Crippen LogP contribution in [0.5, 0.6) is 5.88 Å². The molecule has 1 aliphatic carbocycles. The van der Waals surface area contributed by atoms with Crippen LogP contribution in [0, 0.1) is 0 Å². The molecule has 3 amide bonds. The fourth-order valence-electron chi connectivity index (χ4n) is 8.46. The van der Waals surface area contributed by atoms with Gasteiger partial charge < -0.3 is 30.2 Å². The lowest BCUT2D eigenvalue weighted by atomic mass is 9.90. The molecule has 340 valence electrons. The van der Waals surface area contributed by atoms with Crippen LogP contribution in [0.1, 0.15) is 90.3 Å². The van der Waals surface area contributed by atoms with Crippen LogP contribution in [0.4, 0.5) is 23.9 Å². The van der Waals surface area contributed by atoms with Gasteiger partial charge in [0.05, 0.1) is 24.1 Å². The van der Waals surface area contributed by atoms with Crippen molar-refractivity contribution in [3.05, 3.63) is 120 Å². The van der Waals surface area contributed by atoms with Gasteiger partial charge in [0.2, 0.25) is 11.8 Å². The summed E-state index contributed by atoms with van der Waals surface area (Å²) >= 11 is 0. The number of halogens is 3. The van der Waals surface area contributed by atoms with E-state index in [1.54, 1.807) is 28.9 Å². The Morgan fingerprint density at radius 3 is 2.41 bits per heavy atom. The van der Waals surface area contributed by atoms with E-state index in [4.69, 9.17) is 15.5 Å². The number of nitrogens with two attached hydrogens (primary N) is 1. The molecule has 1 atom stereocenters. The number of hydrogen-bond donors (Lipinski definition) is 2. The summed E-state index contributed by atoms with van der Waals surface area (Å²) in [6.07, 6.45) is 4.96. The molecule has 9 rings (SSSR count). The molecule has 2 aliphatic rings. The number of anilines is 1. The summed E-state index contributed by atoms with van der Waals surface area (Å²) in [5, 5.41) is 8.55. The number of urea groups is 1. The van der Waals surface area contributed by atoms with Crippen LogP contribution in [-0.4, -0.2) is 94.4 Å². The smallest absolute Gasteiger partial charge is 0.434 e. The molecule has 0 radical (unpaired) electrons. The van der Waals surface area contributed by atoms with Crippen molar-refractivity contribution in [3.8, 4) is 34.3 Å². The van der Waals surface area contributed by atoms with Gasteiger partial charge in [-0.15, -0.1) is 0 Å². The highest BCUT2D eigenvalue weighted by atomic mass is 19.4. The van der Waals surface area contributed by atoms with E-state index in [9.17, 15) is 22.8 Å². The van der Waals surface area contributed by atoms with E-state index < -0.39 is 17.8 Å². The third-order valence-corrected chi connectivity index (χ3v) is 12.0. The van der Waals surface area contributed by atoms with Crippen LogP contribution in [0.15, 0.2) is 91.8 Å². The Kier molecular flexibility index (Phi) is 12.1. The molecule has 16 nitrogen and oxygen atoms in total. The zero-order valence-corrected chi connectivity index (χ0v) is 36.6. The zero-order chi connectivity index (χ0) is 46.1. The first-order valence-corrected chi connectivity index (χ1v) is 21.8. The maximum atomic E-state index is 13.8. The second-order valence-electron chi connectivity index (χ2n) is 16.9. The first-order valence-electron chi connectivity index (χ1n) is 21.8. The molecule has 66 heavy (non-hydrogen) atoms. The van der Waals surface area contributed by atoms with Crippen molar-refractivity contribution < 1.29 is 27.5 Å². The maximum absolute atomic E-state index is 13.8. The fourth-order valence-corrected chi connectivity index (χ4v) is 8.46. The fraction of sp³-hybridized carbons (Fsp3) is 0.340. The number of alkyl halides is 3. The number of likely N-dealkylation sites (tertiary alicyclic amines) is 1. The van der Waals surface area contributed by atoms with Crippen LogP contribution in [-0.2, 0) is 12.7 Å². The number of ether oxygens (including phenoxy) is 1. The Balaban J connectivity index is 0.913. The summed E-state index contributed by atoms with van der Waals surface area (Å²) in [6.45, 7) is 5.62. The van der Waals surface area contributed by atoms with E-state index in [0.29, 0.717) is 66.0 Å². The number of benzene rings is 3. The Morgan fingerprint density at radius 1 is 0.924 bits per heavy atom. The molecule has 7 aromatic rings. The van der Waals surface area contributed by atoms with Gasteiger partial charge >= 0.3 is 12.2 Å². The van der Waals surface area contributed by atoms with E-state index >= 15 is 0 Å². The lowest BCUT2D eigenvalue weighted by Crippen LogP contribution is -2.46. The van der Waals surface area contributed by atoms with Crippen LogP contribution < -0.4 is 20.7 Å². The monoisotopic (exact) mass is 899 g/mol. The normalized spacial score (nSPS) is 15.3. The van der Waals surface area contributed by atoms with Gasteiger partial charge in [-0.1, -0.05) is 48.5 Å². The minimum Gasteiger partial charge on any atom is -0.480 e. The predicted molar refractivity (Wildman–Crippen MR) is 240 cm³/mol. The number of carbonyl (C=O) groups is 2. The maximum Gasteiger partial charge on any atom is 0.434 e. The quantitative estimate of drug-likeness (QED) is 0.109. The van der Waals surface area contributed by atoms with Crippen LogP contribution in [0.3, 0.4) is 0 Å². The first-order chi connectivity index (χ1) is 31.8. The van der Waals surface area contributed by atoms with Gasteiger partial charge in [0.15, 0.2) is 11.5 Å². The number of hydrogen-bond acceptors (Lipinski definition) is 11. The van der Waals surface area contributed by atoms with Crippen molar-refractivity contribution >= 4 is 28.8 Å². The Hall–Kier alpha value is -7.44. The highest BCUT2D eigenvalue weighted by molar-refractivity contribution is 6.04. The van der Waals surface area contributed by atoms with E-state index in [1.807, 2.05) is 60.2 Å². The summed E-state index contributed by atoms with van der Waals surface area (Å²) in [7, 11) is 1.54. The van der Waals surface area contributed by atoms with Crippen molar-refractivity contribution in [2.45, 2.75) is 70.1 Å². The van der Waals surface area contributed by atoms with E-state index in [2.05, 4.69) is 47.5 Å². The summed E-state index contributed by atoms with van der Waals surface area (Å²) in [5.74, 6) is 1.11. The molecule has 1 aliphatic heterocycles. The van der Waals surface area contributed by atoms with Gasteiger partial charge in [0, 0.05) is 73.9 Å². The van der Waals surface area contributed by atoms with Gasteiger partial charge in [-0.25, -0.2) is 34.4 Å².